The zero-order valence-electron chi connectivity index (χ0n) is 23.3. The Morgan fingerprint density at radius 1 is 0.854 bits per heavy atom. The van der Waals surface area contributed by atoms with Gasteiger partial charge in [0.1, 0.15) is 5.82 Å². The molecule has 0 radical (unpaired) electrons. The number of hydrogen-bond donors (Lipinski definition) is 2. The van der Waals surface area contributed by atoms with Crippen molar-refractivity contribution in [3.8, 4) is 22.4 Å². The van der Waals surface area contributed by atoms with Crippen LogP contribution in [0.5, 0.6) is 0 Å². The van der Waals surface area contributed by atoms with E-state index in [0.717, 1.165) is 22.5 Å². The van der Waals surface area contributed by atoms with Crippen LogP contribution in [0.2, 0.25) is 0 Å². The van der Waals surface area contributed by atoms with Gasteiger partial charge in [0, 0.05) is 35.8 Å². The van der Waals surface area contributed by atoms with Gasteiger partial charge in [0.15, 0.2) is 5.78 Å². The summed E-state index contributed by atoms with van der Waals surface area (Å²) < 4.78 is 16.0. The van der Waals surface area contributed by atoms with Crippen LogP contribution in [0.25, 0.3) is 22.4 Å². The number of ketones is 1. The fraction of sp³-hybridized carbons (Fsp3) is 0.273. The Morgan fingerprint density at radius 2 is 1.44 bits per heavy atom. The van der Waals surface area contributed by atoms with E-state index in [9.17, 15) is 29.3 Å². The molecule has 0 amide bonds. The predicted octanol–water partition coefficient (Wildman–Crippen LogP) is 4.58. The molecule has 0 aliphatic heterocycles. The summed E-state index contributed by atoms with van der Waals surface area (Å²) in [6.07, 6.45) is -2.72. The van der Waals surface area contributed by atoms with Gasteiger partial charge in [0.05, 0.1) is 23.5 Å². The average molecular weight is 583 g/mol. The monoisotopic (exact) mass is 582 g/mol. The Kier molecular flexibility index (Phi) is 11.9. The van der Waals surface area contributed by atoms with E-state index in [1.54, 1.807) is 24.3 Å². The van der Waals surface area contributed by atoms with Crippen LogP contribution >= 0.6 is 0 Å². The summed E-state index contributed by atoms with van der Waals surface area (Å²) in [4.78, 5) is 25.0. The molecule has 4 rings (SSSR count). The molecule has 4 aromatic rings. The summed E-state index contributed by atoms with van der Waals surface area (Å²) in [7, 11) is 0. The first kappa shape index (κ1) is 32.7. The Hall–Kier alpha value is -2.81. The molecule has 0 unspecified atom stereocenters. The maximum absolute atomic E-state index is 14.2. The zero-order chi connectivity index (χ0) is 28.8. The smallest absolute Gasteiger partial charge is 0.550 e. The van der Waals surface area contributed by atoms with E-state index >= 15 is 0 Å². The number of benzene rings is 3. The second-order valence-corrected chi connectivity index (χ2v) is 10.3. The van der Waals surface area contributed by atoms with E-state index in [0.29, 0.717) is 16.7 Å². The molecule has 8 heteroatoms. The van der Waals surface area contributed by atoms with Crippen molar-refractivity contribution in [1.29, 1.82) is 0 Å². The molecule has 208 valence electrons. The molecule has 0 saturated heterocycles. The Bertz CT molecular complexity index is 1450. The Labute approximate surface area is 269 Å². The van der Waals surface area contributed by atoms with Gasteiger partial charge < -0.3 is 24.7 Å². The minimum absolute atomic E-state index is 0. The first-order chi connectivity index (χ1) is 19.2. The minimum Gasteiger partial charge on any atom is -0.550 e. The van der Waals surface area contributed by atoms with Gasteiger partial charge in [-0.15, -0.1) is 0 Å². The first-order valence-electron chi connectivity index (χ1n) is 13.4. The van der Waals surface area contributed by atoms with Crippen molar-refractivity contribution < 1.29 is 29.3 Å². The number of halogens is 1. The van der Waals surface area contributed by atoms with Crippen molar-refractivity contribution in [2.24, 2.45) is 0 Å². The molecular formula is C33H33CaFNO5+. The number of rotatable bonds is 12. The summed E-state index contributed by atoms with van der Waals surface area (Å²) in [6, 6.07) is 24.7. The molecule has 0 fully saturated rings. The van der Waals surface area contributed by atoms with E-state index < -0.39 is 24.6 Å². The second kappa shape index (κ2) is 14.9. The maximum atomic E-state index is 14.2. The van der Waals surface area contributed by atoms with E-state index in [4.69, 9.17) is 0 Å². The first-order valence-corrected chi connectivity index (χ1v) is 13.4. The third-order valence-corrected chi connectivity index (χ3v) is 6.93. The van der Waals surface area contributed by atoms with Crippen LogP contribution in [0.3, 0.4) is 0 Å². The molecule has 3 aromatic carbocycles. The third kappa shape index (κ3) is 7.93. The number of aliphatic carboxylic acids is 1. The molecule has 2 N–H and O–H groups in total. The Balaban J connectivity index is 0.00000462. The number of nitrogens with zero attached hydrogens (tertiary/aromatic N) is 1. The van der Waals surface area contributed by atoms with Crippen molar-refractivity contribution in [3.05, 3.63) is 108 Å². The maximum Gasteiger partial charge on any atom is 2.00 e. The number of aromatic nitrogens is 1. The molecule has 6 nitrogen and oxygen atoms in total. The van der Waals surface area contributed by atoms with Crippen LogP contribution in [0.1, 0.15) is 60.6 Å². The van der Waals surface area contributed by atoms with Crippen molar-refractivity contribution in [1.82, 2.24) is 4.57 Å². The molecule has 1 aromatic heterocycles. The molecule has 0 saturated carbocycles. The van der Waals surface area contributed by atoms with Gasteiger partial charge in [0.25, 0.3) is 0 Å². The topological polar surface area (TPSA) is 103 Å². The summed E-state index contributed by atoms with van der Waals surface area (Å²) in [5.74, 6) is -2.01. The fourth-order valence-corrected chi connectivity index (χ4v) is 5.21. The number of aliphatic hydroxyl groups is 2. The standard InChI is InChI=1S/C33H34FNO5.Ca/c1-21(2)31-30(33(40)24-11-7-4-8-12-24)29(22-9-5-3-6-10-22)32(23-13-15-25(34)16-14-23)35(31)18-17-26(36)19-27(37)20-28(38)39;/h3-16,21,26-27,36-37H,17-20H2,1-2H3,(H,38,39);/q;+2/p-1/t26-,27-;/m1./s1. The van der Waals surface area contributed by atoms with Crippen molar-refractivity contribution in [2.45, 2.75) is 57.8 Å². The van der Waals surface area contributed by atoms with Crippen LogP contribution in [0.4, 0.5) is 4.39 Å². The molecule has 0 aliphatic carbocycles. The van der Waals surface area contributed by atoms with E-state index in [2.05, 4.69) is 0 Å². The minimum atomic E-state index is -1.39. The normalized spacial score (nSPS) is 12.5. The largest absolute Gasteiger partial charge is 2.00 e. The van der Waals surface area contributed by atoms with Crippen LogP contribution in [-0.4, -0.2) is 76.5 Å². The predicted molar refractivity (Wildman–Crippen MR) is 156 cm³/mol. The number of carboxylic acid groups (broad SMARTS) is 1. The summed E-state index contributed by atoms with van der Waals surface area (Å²) in [5.41, 5.74) is 4.82. The quantitative estimate of drug-likeness (QED) is 0.188. The average Bonchev–Trinajstić information content (AvgIpc) is 3.27. The van der Waals surface area contributed by atoms with Crippen molar-refractivity contribution in [2.75, 3.05) is 0 Å². The number of aliphatic hydroxyl groups excluding tert-OH is 2. The zero-order valence-corrected chi connectivity index (χ0v) is 25.5. The molecule has 41 heavy (non-hydrogen) atoms. The number of carbonyl (C=O) groups is 2. The van der Waals surface area contributed by atoms with Crippen LogP contribution in [0.15, 0.2) is 84.9 Å². The number of hydrogen-bond acceptors (Lipinski definition) is 5. The van der Waals surface area contributed by atoms with Gasteiger partial charge in [0.2, 0.25) is 0 Å². The van der Waals surface area contributed by atoms with E-state index in [-0.39, 0.29) is 74.6 Å². The van der Waals surface area contributed by atoms with E-state index in [1.165, 1.54) is 12.1 Å². The SMILES string of the molecule is CC(C)c1c(C(=O)c2ccccc2)c(-c2ccccc2)c(-c2ccc(F)cc2)n1CC[C@@H](O)C[C@@H](O)CC(=O)[O-].[Ca+2]. The van der Waals surface area contributed by atoms with Crippen LogP contribution < -0.4 is 5.11 Å². The number of carboxylic acids is 1. The third-order valence-electron chi connectivity index (χ3n) is 6.93. The summed E-state index contributed by atoms with van der Waals surface area (Å²) >= 11 is 0. The van der Waals surface area contributed by atoms with Crippen LogP contribution in [-0.2, 0) is 11.3 Å². The molecular weight excluding hydrogens is 549 g/mol. The molecule has 1 heterocycles. The van der Waals surface area contributed by atoms with Gasteiger partial charge >= 0.3 is 37.7 Å². The van der Waals surface area contributed by atoms with Gasteiger partial charge in [-0.05, 0) is 54.2 Å². The van der Waals surface area contributed by atoms with Crippen molar-refractivity contribution in [3.63, 3.8) is 0 Å². The van der Waals surface area contributed by atoms with Crippen molar-refractivity contribution >= 4 is 49.5 Å². The Morgan fingerprint density at radius 3 is 2.00 bits per heavy atom. The van der Waals surface area contributed by atoms with Gasteiger partial charge in [-0.3, -0.25) is 4.79 Å². The van der Waals surface area contributed by atoms with Crippen LogP contribution in [0, 0.1) is 5.82 Å². The summed E-state index contributed by atoms with van der Waals surface area (Å²) in [6.45, 7) is 4.27. The van der Waals surface area contributed by atoms with Gasteiger partial charge in [-0.1, -0.05) is 74.5 Å². The molecule has 0 bridgehead atoms. The second-order valence-electron chi connectivity index (χ2n) is 10.3. The number of carbonyl (C=O) groups excluding carboxylic acids is 2. The molecule has 2 atom stereocenters. The molecule has 0 spiro atoms. The summed E-state index contributed by atoms with van der Waals surface area (Å²) in [5, 5.41) is 31.6. The van der Waals surface area contributed by atoms with Gasteiger partial charge in [-0.2, -0.15) is 0 Å². The van der Waals surface area contributed by atoms with E-state index in [1.807, 2.05) is 66.9 Å². The van der Waals surface area contributed by atoms with Gasteiger partial charge in [-0.25, -0.2) is 4.39 Å². The fourth-order valence-electron chi connectivity index (χ4n) is 5.21. The molecule has 0 aliphatic rings.